The fourth-order valence-electron chi connectivity index (χ4n) is 6.44. The molecule has 2 heterocycles. The Bertz CT molecular complexity index is 1790. The van der Waals surface area contributed by atoms with Crippen molar-refractivity contribution in [1.29, 1.82) is 0 Å². The summed E-state index contributed by atoms with van der Waals surface area (Å²) in [4.78, 5) is 30.7. The predicted octanol–water partition coefficient (Wildman–Crippen LogP) is 10.8. The van der Waals surface area contributed by atoms with E-state index in [1.54, 1.807) is 0 Å². The van der Waals surface area contributed by atoms with Crippen molar-refractivity contribution in [1.82, 2.24) is 29.9 Å². The molecule has 0 bridgehead atoms. The normalized spacial score (nSPS) is 11.7. The molecule has 0 unspecified atom stereocenters. The largest absolute Gasteiger partial charge is 0.213 e. The van der Waals surface area contributed by atoms with E-state index >= 15 is 0 Å². The standard InChI is InChI=1S/C43H46N6/c1-26(2)30-17-9-13-21-34(30)40-44-38(45-41(48-40)35-22-14-10-18-31(35)27(3)4)25-39-46-42(36-23-15-11-19-32(36)28(5)6)49-43(47-39)37-24-16-12-20-33(37)29(7)8/h9-24,26-29H,25H2,1-8H3. The van der Waals surface area contributed by atoms with Crippen molar-refractivity contribution in [3.8, 4) is 45.6 Å². The zero-order valence-corrected chi connectivity index (χ0v) is 29.9. The highest BCUT2D eigenvalue weighted by molar-refractivity contribution is 5.68. The topological polar surface area (TPSA) is 77.3 Å². The summed E-state index contributed by atoms with van der Waals surface area (Å²) >= 11 is 0. The molecule has 0 amide bonds. The van der Waals surface area contributed by atoms with E-state index in [1.807, 2.05) is 0 Å². The Morgan fingerprint density at radius 3 is 0.776 bits per heavy atom. The van der Waals surface area contributed by atoms with Crippen molar-refractivity contribution in [2.45, 2.75) is 85.5 Å². The number of nitrogens with zero attached hydrogens (tertiary/aromatic N) is 6. The van der Waals surface area contributed by atoms with Gasteiger partial charge in [0.2, 0.25) is 0 Å². The lowest BCUT2D eigenvalue weighted by Crippen LogP contribution is -2.10. The third kappa shape index (κ3) is 7.34. The fourth-order valence-corrected chi connectivity index (χ4v) is 6.44. The molecule has 4 aromatic carbocycles. The molecule has 6 aromatic rings. The fraction of sp³-hybridized carbons (Fsp3) is 0.302. The van der Waals surface area contributed by atoms with Gasteiger partial charge in [-0.2, -0.15) is 0 Å². The van der Waals surface area contributed by atoms with E-state index in [4.69, 9.17) is 29.9 Å². The first kappa shape index (κ1) is 33.8. The molecule has 0 spiro atoms. The molecule has 6 nitrogen and oxygen atoms in total. The lowest BCUT2D eigenvalue weighted by Gasteiger charge is -2.16. The number of hydrogen-bond acceptors (Lipinski definition) is 6. The summed E-state index contributed by atoms with van der Waals surface area (Å²) in [6, 6.07) is 33.6. The number of hydrogen-bond donors (Lipinski definition) is 0. The SMILES string of the molecule is CC(C)c1ccccc1-c1nc(Cc2nc(-c3ccccc3C(C)C)nc(-c3ccccc3C(C)C)n2)nc(-c2ccccc2C(C)C)n1. The van der Waals surface area contributed by atoms with Crippen LogP contribution in [0.3, 0.4) is 0 Å². The first-order valence-corrected chi connectivity index (χ1v) is 17.5. The lowest BCUT2D eigenvalue weighted by molar-refractivity contribution is 0.834. The van der Waals surface area contributed by atoms with Gasteiger partial charge >= 0.3 is 0 Å². The highest BCUT2D eigenvalue weighted by atomic mass is 15.1. The molecule has 6 heteroatoms. The molecule has 0 aliphatic heterocycles. The van der Waals surface area contributed by atoms with E-state index in [2.05, 4.69) is 152 Å². The molecule has 0 saturated heterocycles. The smallest absolute Gasteiger partial charge is 0.164 e. The summed E-state index contributed by atoms with van der Waals surface area (Å²) in [5, 5.41) is 0. The molecule has 0 saturated carbocycles. The van der Waals surface area contributed by atoms with E-state index in [1.165, 1.54) is 22.3 Å². The van der Waals surface area contributed by atoms with Crippen LogP contribution in [0.2, 0.25) is 0 Å². The Hall–Kier alpha value is -5.10. The molecule has 0 aliphatic rings. The van der Waals surface area contributed by atoms with Crippen molar-refractivity contribution in [2.75, 3.05) is 0 Å². The van der Waals surface area contributed by atoms with E-state index in [0.717, 1.165) is 22.3 Å². The van der Waals surface area contributed by atoms with Gasteiger partial charge < -0.3 is 0 Å². The molecule has 0 fully saturated rings. The molecule has 0 aliphatic carbocycles. The van der Waals surface area contributed by atoms with Gasteiger partial charge in [-0.1, -0.05) is 152 Å². The second kappa shape index (κ2) is 14.6. The van der Waals surface area contributed by atoms with Crippen molar-refractivity contribution < 1.29 is 0 Å². The second-order valence-electron chi connectivity index (χ2n) is 13.9. The van der Waals surface area contributed by atoms with Gasteiger partial charge in [0.05, 0.1) is 6.42 Å². The Balaban J connectivity index is 1.57. The van der Waals surface area contributed by atoms with E-state index in [0.29, 0.717) is 65.0 Å². The van der Waals surface area contributed by atoms with Gasteiger partial charge in [0.1, 0.15) is 11.6 Å². The van der Waals surface area contributed by atoms with Crippen molar-refractivity contribution in [3.05, 3.63) is 131 Å². The maximum atomic E-state index is 5.12. The maximum absolute atomic E-state index is 5.12. The number of aromatic nitrogens is 6. The van der Waals surface area contributed by atoms with Crippen molar-refractivity contribution >= 4 is 0 Å². The minimum Gasteiger partial charge on any atom is -0.213 e. The van der Waals surface area contributed by atoms with Crippen LogP contribution in [0.25, 0.3) is 45.6 Å². The predicted molar refractivity (Wildman–Crippen MR) is 201 cm³/mol. The molecular weight excluding hydrogens is 601 g/mol. The van der Waals surface area contributed by atoms with Crippen LogP contribution in [0.4, 0.5) is 0 Å². The van der Waals surface area contributed by atoms with Crippen LogP contribution in [0.5, 0.6) is 0 Å². The maximum Gasteiger partial charge on any atom is 0.164 e. The van der Waals surface area contributed by atoms with E-state index in [9.17, 15) is 0 Å². The summed E-state index contributed by atoms with van der Waals surface area (Å²) < 4.78 is 0. The first-order valence-electron chi connectivity index (χ1n) is 17.5. The Labute approximate surface area is 291 Å². The van der Waals surface area contributed by atoms with Gasteiger partial charge in [-0.3, -0.25) is 0 Å². The van der Waals surface area contributed by atoms with Gasteiger partial charge in [-0.15, -0.1) is 0 Å². The summed E-state index contributed by atoms with van der Waals surface area (Å²) in [5.74, 6) is 5.10. The van der Waals surface area contributed by atoms with Gasteiger partial charge in [0.25, 0.3) is 0 Å². The summed E-state index contributed by atoms with van der Waals surface area (Å²) in [7, 11) is 0. The summed E-state index contributed by atoms with van der Waals surface area (Å²) in [6.07, 6.45) is 0.326. The third-order valence-corrected chi connectivity index (χ3v) is 8.97. The van der Waals surface area contributed by atoms with Crippen LogP contribution in [-0.2, 0) is 6.42 Å². The van der Waals surface area contributed by atoms with E-state index in [-0.39, 0.29) is 0 Å². The molecule has 2 aromatic heterocycles. The Morgan fingerprint density at radius 2 is 0.551 bits per heavy atom. The summed E-state index contributed by atoms with van der Waals surface area (Å²) in [5.41, 5.74) is 8.84. The quantitative estimate of drug-likeness (QED) is 0.147. The average molecular weight is 647 g/mol. The van der Waals surface area contributed by atoms with Crippen molar-refractivity contribution in [2.24, 2.45) is 0 Å². The monoisotopic (exact) mass is 646 g/mol. The third-order valence-electron chi connectivity index (χ3n) is 8.97. The van der Waals surface area contributed by atoms with Crippen molar-refractivity contribution in [3.63, 3.8) is 0 Å². The minimum atomic E-state index is 0.304. The van der Waals surface area contributed by atoms with Crippen LogP contribution in [0.1, 0.15) is 113 Å². The Kier molecular flexibility index (Phi) is 10.0. The number of rotatable bonds is 10. The Morgan fingerprint density at radius 1 is 0.327 bits per heavy atom. The number of benzene rings is 4. The zero-order valence-electron chi connectivity index (χ0n) is 29.9. The molecule has 0 radical (unpaired) electrons. The highest BCUT2D eigenvalue weighted by Gasteiger charge is 2.21. The lowest BCUT2D eigenvalue weighted by atomic mass is 9.95. The van der Waals surface area contributed by atoms with Crippen LogP contribution >= 0.6 is 0 Å². The van der Waals surface area contributed by atoms with Gasteiger partial charge in [-0.05, 0) is 45.9 Å². The average Bonchev–Trinajstić information content (AvgIpc) is 3.11. The zero-order chi connectivity index (χ0) is 34.7. The van der Waals surface area contributed by atoms with Crippen LogP contribution in [0.15, 0.2) is 97.1 Å². The van der Waals surface area contributed by atoms with E-state index < -0.39 is 0 Å². The van der Waals surface area contributed by atoms with Crippen LogP contribution in [0, 0.1) is 0 Å². The van der Waals surface area contributed by atoms with Gasteiger partial charge in [0.15, 0.2) is 23.3 Å². The molecule has 49 heavy (non-hydrogen) atoms. The minimum absolute atomic E-state index is 0.304. The molecule has 6 rings (SSSR count). The second-order valence-corrected chi connectivity index (χ2v) is 13.9. The summed E-state index contributed by atoms with van der Waals surface area (Å²) in [6.45, 7) is 17.6. The van der Waals surface area contributed by atoms with Gasteiger partial charge in [-0.25, -0.2) is 29.9 Å². The van der Waals surface area contributed by atoms with Crippen LogP contribution < -0.4 is 0 Å². The van der Waals surface area contributed by atoms with Crippen LogP contribution in [-0.4, -0.2) is 29.9 Å². The first-order chi connectivity index (χ1) is 23.6. The molecular formula is C43H46N6. The molecule has 0 atom stereocenters. The molecule has 0 N–H and O–H groups in total. The van der Waals surface area contributed by atoms with Gasteiger partial charge in [0, 0.05) is 22.3 Å². The highest BCUT2D eigenvalue weighted by Crippen LogP contribution is 2.33. The molecule has 248 valence electrons.